The van der Waals surface area contributed by atoms with Crippen molar-refractivity contribution in [1.82, 2.24) is 4.90 Å². The van der Waals surface area contributed by atoms with Crippen LogP contribution in [0, 0.1) is 5.92 Å². The summed E-state index contributed by atoms with van der Waals surface area (Å²) in [6.07, 6.45) is 3.14. The van der Waals surface area contributed by atoms with Crippen molar-refractivity contribution in [3.63, 3.8) is 0 Å². The molecule has 0 amide bonds. The minimum absolute atomic E-state index is 0.307. The van der Waals surface area contributed by atoms with Gasteiger partial charge >= 0.3 is 0 Å². The van der Waals surface area contributed by atoms with Crippen LogP contribution in [0.15, 0.2) is 24.3 Å². The molecule has 1 unspecified atom stereocenters. The minimum atomic E-state index is 0.307. The van der Waals surface area contributed by atoms with E-state index in [0.717, 1.165) is 43.8 Å². The van der Waals surface area contributed by atoms with Crippen molar-refractivity contribution in [2.24, 2.45) is 11.7 Å². The lowest BCUT2D eigenvalue weighted by atomic mass is 10.1. The summed E-state index contributed by atoms with van der Waals surface area (Å²) in [6.45, 7) is 4.30. The van der Waals surface area contributed by atoms with Crippen molar-refractivity contribution < 1.29 is 9.84 Å². The number of benzene rings is 1. The monoisotopic (exact) mass is 308 g/mol. The van der Waals surface area contributed by atoms with Gasteiger partial charge in [0.15, 0.2) is 0 Å². The molecule has 1 aliphatic heterocycles. The Morgan fingerprint density at radius 3 is 3.10 bits per heavy atom. The van der Waals surface area contributed by atoms with Gasteiger partial charge in [-0.15, -0.1) is 0 Å². The number of aliphatic hydroxyl groups excluding tert-OH is 1. The number of rotatable bonds is 8. The van der Waals surface area contributed by atoms with Crippen LogP contribution < -0.4 is 10.5 Å². The molecule has 1 aromatic rings. The van der Waals surface area contributed by atoms with Crippen molar-refractivity contribution >= 4 is 17.2 Å². The van der Waals surface area contributed by atoms with Gasteiger partial charge in [0.25, 0.3) is 0 Å². The van der Waals surface area contributed by atoms with Gasteiger partial charge in [-0.2, -0.15) is 0 Å². The number of aliphatic hydroxyl groups is 1. The molecule has 0 spiro atoms. The van der Waals surface area contributed by atoms with Crippen molar-refractivity contribution in [3.05, 3.63) is 29.8 Å². The van der Waals surface area contributed by atoms with E-state index in [-0.39, 0.29) is 0 Å². The molecule has 116 valence electrons. The van der Waals surface area contributed by atoms with Crippen LogP contribution in [0.1, 0.15) is 24.8 Å². The first kappa shape index (κ1) is 16.2. The van der Waals surface area contributed by atoms with Crippen molar-refractivity contribution in [3.8, 4) is 5.75 Å². The average Bonchev–Trinajstić information content (AvgIpc) is 2.92. The second kappa shape index (κ2) is 8.32. The first-order chi connectivity index (χ1) is 10.2. The van der Waals surface area contributed by atoms with Gasteiger partial charge in [-0.05, 0) is 43.9 Å². The first-order valence-electron chi connectivity index (χ1n) is 7.55. The molecule has 4 nitrogen and oxygen atoms in total. The molecule has 1 atom stereocenters. The lowest BCUT2D eigenvalue weighted by Gasteiger charge is -2.16. The summed E-state index contributed by atoms with van der Waals surface area (Å²) in [5.74, 6) is 1.48. The normalized spacial score (nSPS) is 18.8. The summed E-state index contributed by atoms with van der Waals surface area (Å²) in [5.41, 5.74) is 6.45. The SMILES string of the molecule is NC(=S)c1cccc(OCCCN2CCC(CCO)C2)c1. The number of thiocarbonyl (C=S) groups is 1. The molecule has 1 saturated heterocycles. The molecule has 0 bridgehead atoms. The zero-order chi connectivity index (χ0) is 15.1. The van der Waals surface area contributed by atoms with Gasteiger partial charge in [-0.1, -0.05) is 24.4 Å². The van der Waals surface area contributed by atoms with Gasteiger partial charge in [-0.25, -0.2) is 0 Å². The molecule has 21 heavy (non-hydrogen) atoms. The van der Waals surface area contributed by atoms with E-state index in [1.807, 2.05) is 24.3 Å². The molecule has 5 heteroatoms. The Balaban J connectivity index is 1.66. The average molecular weight is 308 g/mol. The molecule has 0 aliphatic carbocycles. The molecule has 1 aromatic carbocycles. The summed E-state index contributed by atoms with van der Waals surface area (Å²) in [5, 5.41) is 8.96. The summed E-state index contributed by atoms with van der Waals surface area (Å²) in [6, 6.07) is 7.61. The fourth-order valence-corrected chi connectivity index (χ4v) is 2.88. The molecule has 0 aromatic heterocycles. The van der Waals surface area contributed by atoms with Crippen LogP contribution in [-0.2, 0) is 0 Å². The second-order valence-electron chi connectivity index (χ2n) is 5.56. The molecule has 1 fully saturated rings. The van der Waals surface area contributed by atoms with Crippen LogP contribution in [-0.4, -0.2) is 47.8 Å². The molecule has 0 radical (unpaired) electrons. The van der Waals surface area contributed by atoms with Gasteiger partial charge in [-0.3, -0.25) is 0 Å². The number of nitrogens with zero attached hydrogens (tertiary/aromatic N) is 1. The Morgan fingerprint density at radius 2 is 2.33 bits per heavy atom. The van der Waals surface area contributed by atoms with E-state index >= 15 is 0 Å². The first-order valence-corrected chi connectivity index (χ1v) is 7.95. The third-order valence-electron chi connectivity index (χ3n) is 3.91. The maximum absolute atomic E-state index is 8.96. The Labute approximate surface area is 131 Å². The molecule has 2 rings (SSSR count). The largest absolute Gasteiger partial charge is 0.494 e. The van der Waals surface area contributed by atoms with E-state index < -0.39 is 0 Å². The molecule has 1 aliphatic rings. The fraction of sp³-hybridized carbons (Fsp3) is 0.562. The molecular formula is C16H24N2O2S. The highest BCUT2D eigenvalue weighted by Crippen LogP contribution is 2.19. The van der Waals surface area contributed by atoms with Crippen LogP contribution in [0.2, 0.25) is 0 Å². The van der Waals surface area contributed by atoms with Gasteiger partial charge in [0.05, 0.1) is 6.61 Å². The van der Waals surface area contributed by atoms with E-state index in [9.17, 15) is 0 Å². The van der Waals surface area contributed by atoms with Crippen LogP contribution in [0.25, 0.3) is 0 Å². The zero-order valence-corrected chi connectivity index (χ0v) is 13.1. The number of hydrogen-bond donors (Lipinski definition) is 2. The summed E-state index contributed by atoms with van der Waals surface area (Å²) in [7, 11) is 0. The molecular weight excluding hydrogens is 284 g/mol. The predicted octanol–water partition coefficient (Wildman–Crippen LogP) is 1.79. The Kier molecular flexibility index (Phi) is 6.42. The van der Waals surface area contributed by atoms with Gasteiger partial charge in [0.1, 0.15) is 10.7 Å². The number of nitrogens with two attached hydrogens (primary N) is 1. The van der Waals surface area contributed by atoms with E-state index in [2.05, 4.69) is 4.90 Å². The predicted molar refractivity (Wildman–Crippen MR) is 88.7 cm³/mol. The van der Waals surface area contributed by atoms with Crippen LogP contribution in [0.5, 0.6) is 5.75 Å². The van der Waals surface area contributed by atoms with Crippen molar-refractivity contribution in [2.45, 2.75) is 19.3 Å². The van der Waals surface area contributed by atoms with E-state index in [1.54, 1.807) is 0 Å². The summed E-state index contributed by atoms with van der Waals surface area (Å²) >= 11 is 4.96. The van der Waals surface area contributed by atoms with E-state index in [0.29, 0.717) is 24.1 Å². The van der Waals surface area contributed by atoms with E-state index in [1.165, 1.54) is 6.42 Å². The van der Waals surface area contributed by atoms with Crippen LogP contribution in [0.4, 0.5) is 0 Å². The molecule has 1 heterocycles. The fourth-order valence-electron chi connectivity index (χ4n) is 2.75. The van der Waals surface area contributed by atoms with Crippen LogP contribution >= 0.6 is 12.2 Å². The Hall–Kier alpha value is -1.17. The maximum Gasteiger partial charge on any atom is 0.119 e. The lowest BCUT2D eigenvalue weighted by molar-refractivity contribution is 0.239. The third kappa shape index (κ3) is 5.26. The standard InChI is InChI=1S/C16H24N2O2S/c17-16(21)14-3-1-4-15(11-14)20-10-2-7-18-8-5-13(12-18)6-9-19/h1,3-4,11,13,19H,2,5-10,12H2,(H2,17,21). The number of likely N-dealkylation sites (tertiary alicyclic amines) is 1. The molecule has 3 N–H and O–H groups in total. The summed E-state index contributed by atoms with van der Waals surface area (Å²) < 4.78 is 5.75. The lowest BCUT2D eigenvalue weighted by Crippen LogP contribution is -2.23. The highest BCUT2D eigenvalue weighted by atomic mass is 32.1. The Bertz CT molecular complexity index is 467. The third-order valence-corrected chi connectivity index (χ3v) is 4.15. The van der Waals surface area contributed by atoms with Gasteiger partial charge in [0.2, 0.25) is 0 Å². The minimum Gasteiger partial charge on any atom is -0.494 e. The highest BCUT2D eigenvalue weighted by molar-refractivity contribution is 7.80. The smallest absolute Gasteiger partial charge is 0.119 e. The van der Waals surface area contributed by atoms with Gasteiger partial charge < -0.3 is 20.5 Å². The second-order valence-corrected chi connectivity index (χ2v) is 6.00. The topological polar surface area (TPSA) is 58.7 Å². The Morgan fingerprint density at radius 1 is 1.48 bits per heavy atom. The molecule has 0 saturated carbocycles. The maximum atomic E-state index is 8.96. The zero-order valence-electron chi connectivity index (χ0n) is 12.3. The van der Waals surface area contributed by atoms with Crippen molar-refractivity contribution in [2.75, 3.05) is 32.8 Å². The quantitative estimate of drug-likeness (QED) is 0.566. The van der Waals surface area contributed by atoms with Crippen molar-refractivity contribution in [1.29, 1.82) is 0 Å². The number of ether oxygens (including phenoxy) is 1. The number of hydrogen-bond acceptors (Lipinski definition) is 4. The van der Waals surface area contributed by atoms with Gasteiger partial charge in [0, 0.05) is 25.3 Å². The van der Waals surface area contributed by atoms with E-state index in [4.69, 9.17) is 27.8 Å². The highest BCUT2D eigenvalue weighted by Gasteiger charge is 2.21. The summed E-state index contributed by atoms with van der Waals surface area (Å²) in [4.78, 5) is 2.85. The van der Waals surface area contributed by atoms with Crippen LogP contribution in [0.3, 0.4) is 0 Å².